The van der Waals surface area contributed by atoms with Crippen LogP contribution in [0.25, 0.3) is 0 Å². The number of hydrogen-bond donors (Lipinski definition) is 1. The van der Waals surface area contributed by atoms with Gasteiger partial charge in [-0.2, -0.15) is 4.80 Å². The van der Waals surface area contributed by atoms with Gasteiger partial charge in [-0.25, -0.2) is 0 Å². The summed E-state index contributed by atoms with van der Waals surface area (Å²) in [6.07, 6.45) is 0. The molecule has 1 heterocycles. The Bertz CT molecular complexity index is 523. The van der Waals surface area contributed by atoms with Crippen molar-refractivity contribution >= 4 is 0 Å². The summed E-state index contributed by atoms with van der Waals surface area (Å²) in [7, 11) is 1.73. The first kappa shape index (κ1) is 13.5. The molecule has 0 atom stereocenters. The normalized spacial score (nSPS) is 10.9. The van der Waals surface area contributed by atoms with Crippen molar-refractivity contribution in [2.24, 2.45) is 7.05 Å². The van der Waals surface area contributed by atoms with E-state index in [1.54, 1.807) is 7.05 Å². The van der Waals surface area contributed by atoms with Gasteiger partial charge in [0.2, 0.25) is 5.82 Å². The molecule has 2 rings (SSSR count). The summed E-state index contributed by atoms with van der Waals surface area (Å²) >= 11 is 0. The second-order valence-electron chi connectivity index (χ2n) is 4.63. The number of hydrogen-bond acceptors (Lipinski definition) is 5. The lowest BCUT2D eigenvalue weighted by atomic mass is 10.2. The molecule has 0 amide bonds. The van der Waals surface area contributed by atoms with Crippen molar-refractivity contribution in [2.45, 2.75) is 33.0 Å². The second-order valence-corrected chi connectivity index (χ2v) is 4.63. The fraction of sp³-hybridized carbons (Fsp3) is 0.462. The number of benzene rings is 1. The third kappa shape index (κ3) is 4.03. The van der Waals surface area contributed by atoms with E-state index in [1.165, 1.54) is 4.80 Å². The van der Waals surface area contributed by atoms with Gasteiger partial charge in [0.15, 0.2) is 6.61 Å². The summed E-state index contributed by atoms with van der Waals surface area (Å²) in [5.41, 5.74) is 1.13. The largest absolute Gasteiger partial charge is 0.485 e. The van der Waals surface area contributed by atoms with Crippen molar-refractivity contribution in [1.29, 1.82) is 0 Å². The number of rotatable bonds is 6. The fourth-order valence-electron chi connectivity index (χ4n) is 1.63. The maximum atomic E-state index is 5.75. The highest BCUT2D eigenvalue weighted by Crippen LogP contribution is 2.18. The van der Waals surface area contributed by atoms with Gasteiger partial charge >= 0.3 is 0 Å². The molecule has 6 heteroatoms. The third-order valence-electron chi connectivity index (χ3n) is 2.58. The zero-order chi connectivity index (χ0) is 13.7. The number of para-hydroxylation sites is 1. The molecule has 0 fully saturated rings. The highest BCUT2D eigenvalue weighted by atomic mass is 16.5. The molecule has 0 aliphatic carbocycles. The van der Waals surface area contributed by atoms with Crippen molar-refractivity contribution in [2.75, 3.05) is 0 Å². The molecule has 0 aliphatic rings. The molecule has 6 nitrogen and oxygen atoms in total. The van der Waals surface area contributed by atoms with Gasteiger partial charge in [-0.15, -0.1) is 10.2 Å². The molecule has 0 bridgehead atoms. The summed E-state index contributed by atoms with van der Waals surface area (Å²) in [6, 6.07) is 8.40. The van der Waals surface area contributed by atoms with Crippen LogP contribution in [-0.2, 0) is 20.2 Å². The van der Waals surface area contributed by atoms with E-state index in [1.807, 2.05) is 18.2 Å². The Morgan fingerprint density at radius 1 is 1.32 bits per heavy atom. The van der Waals surface area contributed by atoms with E-state index in [2.05, 4.69) is 40.6 Å². The van der Waals surface area contributed by atoms with Crippen LogP contribution in [0.3, 0.4) is 0 Å². The summed E-state index contributed by atoms with van der Waals surface area (Å²) in [4.78, 5) is 1.42. The number of tetrazole rings is 1. The lowest BCUT2D eigenvalue weighted by molar-refractivity contribution is 0.291. The minimum Gasteiger partial charge on any atom is -0.485 e. The Morgan fingerprint density at radius 3 is 2.79 bits per heavy atom. The van der Waals surface area contributed by atoms with Crippen LogP contribution < -0.4 is 10.1 Å². The molecule has 1 N–H and O–H groups in total. The van der Waals surface area contributed by atoms with Crippen LogP contribution >= 0.6 is 0 Å². The Labute approximate surface area is 112 Å². The van der Waals surface area contributed by atoms with Gasteiger partial charge in [-0.3, -0.25) is 0 Å². The quantitative estimate of drug-likeness (QED) is 0.848. The molecule has 1 aromatic carbocycles. The second kappa shape index (κ2) is 6.29. The van der Waals surface area contributed by atoms with E-state index < -0.39 is 0 Å². The average Bonchev–Trinajstić information content (AvgIpc) is 2.80. The van der Waals surface area contributed by atoms with Crippen molar-refractivity contribution in [3.63, 3.8) is 0 Å². The summed E-state index contributed by atoms with van der Waals surface area (Å²) < 4.78 is 5.75. The monoisotopic (exact) mass is 261 g/mol. The molecule has 0 saturated heterocycles. The SMILES string of the molecule is CC(C)NCc1ccccc1OCc1nnn(C)n1. The topological polar surface area (TPSA) is 64.9 Å². The smallest absolute Gasteiger partial charge is 0.212 e. The van der Waals surface area contributed by atoms with Crippen molar-refractivity contribution in [1.82, 2.24) is 25.5 Å². The lowest BCUT2D eigenvalue weighted by Crippen LogP contribution is -2.22. The number of nitrogens with one attached hydrogen (secondary N) is 1. The number of nitrogens with zero attached hydrogens (tertiary/aromatic N) is 4. The van der Waals surface area contributed by atoms with Crippen LogP contribution in [0.4, 0.5) is 0 Å². The number of ether oxygens (including phenoxy) is 1. The van der Waals surface area contributed by atoms with Crippen LogP contribution in [0, 0.1) is 0 Å². The average molecular weight is 261 g/mol. The summed E-state index contributed by atoms with van der Waals surface area (Å²) in [5, 5.41) is 15.1. The van der Waals surface area contributed by atoms with Crippen LogP contribution in [-0.4, -0.2) is 26.2 Å². The number of aryl methyl sites for hydroxylation is 1. The molecular formula is C13H19N5O. The minimum absolute atomic E-state index is 0.326. The lowest BCUT2D eigenvalue weighted by Gasteiger charge is -2.12. The van der Waals surface area contributed by atoms with Gasteiger partial charge in [0.25, 0.3) is 0 Å². The Hall–Kier alpha value is -1.95. The van der Waals surface area contributed by atoms with E-state index in [0.29, 0.717) is 18.5 Å². The highest BCUT2D eigenvalue weighted by molar-refractivity contribution is 5.33. The zero-order valence-corrected chi connectivity index (χ0v) is 11.5. The van der Waals surface area contributed by atoms with E-state index in [9.17, 15) is 0 Å². The molecule has 2 aromatic rings. The third-order valence-corrected chi connectivity index (χ3v) is 2.58. The Kier molecular flexibility index (Phi) is 4.46. The van der Waals surface area contributed by atoms with Gasteiger partial charge in [-0.05, 0) is 11.3 Å². The molecule has 0 unspecified atom stereocenters. The van der Waals surface area contributed by atoms with Gasteiger partial charge in [-0.1, -0.05) is 32.0 Å². The van der Waals surface area contributed by atoms with Crippen LogP contribution in [0.5, 0.6) is 5.75 Å². The molecule has 0 saturated carbocycles. The van der Waals surface area contributed by atoms with Crippen molar-refractivity contribution in [3.8, 4) is 5.75 Å². The Morgan fingerprint density at radius 2 is 2.11 bits per heavy atom. The molecule has 102 valence electrons. The first-order valence-electron chi connectivity index (χ1n) is 6.32. The zero-order valence-electron chi connectivity index (χ0n) is 11.5. The summed E-state index contributed by atoms with van der Waals surface area (Å²) in [5.74, 6) is 1.43. The van der Waals surface area contributed by atoms with Crippen LogP contribution in [0.2, 0.25) is 0 Å². The molecule has 0 spiro atoms. The first-order chi connectivity index (χ1) is 9.15. The standard InChI is InChI=1S/C13H19N5O/c1-10(2)14-8-11-6-4-5-7-12(11)19-9-13-15-17-18(3)16-13/h4-7,10,14H,8-9H2,1-3H3. The summed E-state index contributed by atoms with van der Waals surface area (Å²) in [6.45, 7) is 5.34. The van der Waals surface area contributed by atoms with E-state index in [4.69, 9.17) is 4.74 Å². The molecule has 0 aliphatic heterocycles. The maximum Gasteiger partial charge on any atom is 0.212 e. The molecule has 0 radical (unpaired) electrons. The van der Waals surface area contributed by atoms with Gasteiger partial charge in [0.1, 0.15) is 5.75 Å². The molecular weight excluding hydrogens is 242 g/mol. The maximum absolute atomic E-state index is 5.75. The first-order valence-corrected chi connectivity index (χ1v) is 6.32. The molecule has 19 heavy (non-hydrogen) atoms. The van der Waals surface area contributed by atoms with E-state index >= 15 is 0 Å². The van der Waals surface area contributed by atoms with E-state index in [-0.39, 0.29) is 0 Å². The highest BCUT2D eigenvalue weighted by Gasteiger charge is 2.06. The number of aromatic nitrogens is 4. The predicted octanol–water partition coefficient (Wildman–Crippen LogP) is 1.29. The predicted molar refractivity (Wildman–Crippen MR) is 71.5 cm³/mol. The van der Waals surface area contributed by atoms with Crippen LogP contribution in [0.15, 0.2) is 24.3 Å². The van der Waals surface area contributed by atoms with Crippen molar-refractivity contribution < 1.29 is 4.74 Å². The van der Waals surface area contributed by atoms with E-state index in [0.717, 1.165) is 17.9 Å². The van der Waals surface area contributed by atoms with Gasteiger partial charge < -0.3 is 10.1 Å². The van der Waals surface area contributed by atoms with Gasteiger partial charge in [0, 0.05) is 18.2 Å². The van der Waals surface area contributed by atoms with Gasteiger partial charge in [0.05, 0.1) is 7.05 Å². The van der Waals surface area contributed by atoms with Crippen LogP contribution in [0.1, 0.15) is 25.2 Å². The fourth-order valence-corrected chi connectivity index (χ4v) is 1.63. The minimum atomic E-state index is 0.326. The van der Waals surface area contributed by atoms with Crippen molar-refractivity contribution in [3.05, 3.63) is 35.7 Å². The Balaban J connectivity index is 1.99. The molecule has 1 aromatic heterocycles.